The number of hydrogen-bond donors (Lipinski definition) is 1. The summed E-state index contributed by atoms with van der Waals surface area (Å²) in [5, 5.41) is 0. The summed E-state index contributed by atoms with van der Waals surface area (Å²) in [6, 6.07) is 4.29. The molecule has 4 aliphatic rings. The van der Waals surface area contributed by atoms with Gasteiger partial charge in [0.05, 0.1) is 12.3 Å². The predicted molar refractivity (Wildman–Crippen MR) is 79.2 cm³/mol. The fraction of sp³-hybridized carbons (Fsp3) is 0.765. The molecule has 0 saturated heterocycles. The van der Waals surface area contributed by atoms with Crippen molar-refractivity contribution in [2.24, 2.45) is 23.5 Å². The first-order valence-electron chi connectivity index (χ1n) is 8.16. The third-order valence-electron chi connectivity index (χ3n) is 6.32. The quantitative estimate of drug-likeness (QED) is 0.917. The summed E-state index contributed by atoms with van der Waals surface area (Å²) in [7, 11) is 2.28. The molecule has 1 aromatic heterocycles. The predicted octanol–water partition coefficient (Wildman–Crippen LogP) is 3.18. The largest absolute Gasteiger partial charge is 0.468 e. The van der Waals surface area contributed by atoms with Crippen LogP contribution in [0.25, 0.3) is 0 Å². The molecule has 1 aromatic rings. The molecule has 1 unspecified atom stereocenters. The van der Waals surface area contributed by atoms with Gasteiger partial charge in [-0.05, 0) is 75.5 Å². The van der Waals surface area contributed by atoms with Gasteiger partial charge in [0.1, 0.15) is 5.76 Å². The van der Waals surface area contributed by atoms with Crippen LogP contribution < -0.4 is 5.73 Å². The fourth-order valence-electron chi connectivity index (χ4n) is 5.77. The van der Waals surface area contributed by atoms with E-state index in [1.165, 1.54) is 38.5 Å². The van der Waals surface area contributed by atoms with Gasteiger partial charge in [-0.2, -0.15) is 0 Å². The SMILES string of the molecule is CN(C(CN)c1ccco1)C12CC3CC(CC(C3)C1)C2. The lowest BCUT2D eigenvalue weighted by Gasteiger charge is -2.61. The van der Waals surface area contributed by atoms with E-state index in [1.807, 2.05) is 6.07 Å². The minimum absolute atomic E-state index is 0.237. The normalized spacial score (nSPS) is 40.5. The van der Waals surface area contributed by atoms with Gasteiger partial charge in [0.15, 0.2) is 0 Å². The summed E-state index contributed by atoms with van der Waals surface area (Å²) >= 11 is 0. The maximum Gasteiger partial charge on any atom is 0.122 e. The Bertz CT molecular complexity index is 432. The molecule has 4 aliphatic carbocycles. The van der Waals surface area contributed by atoms with Crippen LogP contribution in [-0.4, -0.2) is 24.0 Å². The molecule has 3 heteroatoms. The number of nitrogens with zero attached hydrogens (tertiary/aromatic N) is 1. The molecule has 1 heterocycles. The standard InChI is InChI=1S/C17H26N2O/c1-19(15(11-18)16-3-2-4-20-16)17-8-12-5-13(9-17)7-14(6-12)10-17/h2-4,12-15H,5-11,18H2,1H3. The maximum atomic E-state index is 6.08. The molecular weight excluding hydrogens is 248 g/mol. The summed E-state index contributed by atoms with van der Waals surface area (Å²) in [5.74, 6) is 3.95. The van der Waals surface area contributed by atoms with Crippen molar-refractivity contribution in [2.45, 2.75) is 50.1 Å². The van der Waals surface area contributed by atoms with Gasteiger partial charge in [0.25, 0.3) is 0 Å². The van der Waals surface area contributed by atoms with Crippen molar-refractivity contribution in [2.75, 3.05) is 13.6 Å². The minimum atomic E-state index is 0.237. The molecule has 0 spiro atoms. The lowest BCUT2D eigenvalue weighted by Crippen LogP contribution is -2.60. The molecule has 110 valence electrons. The Morgan fingerprint density at radius 3 is 2.30 bits per heavy atom. The zero-order chi connectivity index (χ0) is 13.7. The van der Waals surface area contributed by atoms with E-state index in [1.54, 1.807) is 6.26 Å². The molecule has 4 bridgehead atoms. The number of likely N-dealkylation sites (N-methyl/N-ethyl adjacent to an activating group) is 1. The van der Waals surface area contributed by atoms with E-state index in [4.69, 9.17) is 10.2 Å². The van der Waals surface area contributed by atoms with Gasteiger partial charge >= 0.3 is 0 Å². The molecule has 4 saturated carbocycles. The molecule has 1 atom stereocenters. The van der Waals surface area contributed by atoms with Gasteiger partial charge < -0.3 is 10.2 Å². The van der Waals surface area contributed by atoms with Crippen molar-refractivity contribution >= 4 is 0 Å². The van der Waals surface area contributed by atoms with Crippen molar-refractivity contribution in [1.29, 1.82) is 0 Å². The Balaban J connectivity index is 1.62. The summed E-state index contributed by atoms with van der Waals surface area (Å²) in [6.45, 7) is 0.645. The number of furan rings is 1. The summed E-state index contributed by atoms with van der Waals surface area (Å²) in [4.78, 5) is 2.58. The first kappa shape index (κ1) is 12.9. The van der Waals surface area contributed by atoms with Crippen LogP contribution in [0.3, 0.4) is 0 Å². The summed E-state index contributed by atoms with van der Waals surface area (Å²) in [6.07, 6.45) is 10.4. The van der Waals surface area contributed by atoms with Gasteiger partial charge in [-0.15, -0.1) is 0 Å². The van der Waals surface area contributed by atoms with E-state index < -0.39 is 0 Å². The molecule has 0 radical (unpaired) electrons. The Morgan fingerprint density at radius 1 is 1.25 bits per heavy atom. The Morgan fingerprint density at radius 2 is 1.85 bits per heavy atom. The molecular formula is C17H26N2O. The second-order valence-corrected chi connectivity index (χ2v) is 7.52. The van der Waals surface area contributed by atoms with Crippen molar-refractivity contribution in [3.63, 3.8) is 0 Å². The first-order chi connectivity index (χ1) is 9.70. The van der Waals surface area contributed by atoms with Crippen molar-refractivity contribution < 1.29 is 4.42 Å². The first-order valence-corrected chi connectivity index (χ1v) is 8.16. The number of hydrogen-bond acceptors (Lipinski definition) is 3. The Labute approximate surface area is 121 Å². The zero-order valence-corrected chi connectivity index (χ0v) is 12.4. The lowest BCUT2D eigenvalue weighted by molar-refractivity contribution is -0.0956. The van der Waals surface area contributed by atoms with Crippen LogP contribution in [0.2, 0.25) is 0 Å². The third kappa shape index (κ3) is 1.86. The van der Waals surface area contributed by atoms with E-state index in [0.29, 0.717) is 12.1 Å². The van der Waals surface area contributed by atoms with Crippen LogP contribution in [0.4, 0.5) is 0 Å². The van der Waals surface area contributed by atoms with E-state index in [9.17, 15) is 0 Å². The van der Waals surface area contributed by atoms with Gasteiger partial charge in [0.2, 0.25) is 0 Å². The van der Waals surface area contributed by atoms with Gasteiger partial charge in [0, 0.05) is 12.1 Å². The molecule has 2 N–H and O–H groups in total. The second-order valence-electron chi connectivity index (χ2n) is 7.52. The lowest BCUT2D eigenvalue weighted by atomic mass is 9.52. The number of rotatable bonds is 4. The third-order valence-corrected chi connectivity index (χ3v) is 6.32. The monoisotopic (exact) mass is 274 g/mol. The molecule has 5 rings (SSSR count). The average molecular weight is 274 g/mol. The molecule has 0 aromatic carbocycles. The van der Waals surface area contributed by atoms with Gasteiger partial charge in [-0.1, -0.05) is 0 Å². The van der Waals surface area contributed by atoms with Gasteiger partial charge in [-0.25, -0.2) is 0 Å². The fourth-order valence-corrected chi connectivity index (χ4v) is 5.77. The highest BCUT2D eigenvalue weighted by Gasteiger charge is 2.53. The van der Waals surface area contributed by atoms with E-state index in [0.717, 1.165) is 23.5 Å². The zero-order valence-electron chi connectivity index (χ0n) is 12.4. The van der Waals surface area contributed by atoms with E-state index in [-0.39, 0.29) is 6.04 Å². The van der Waals surface area contributed by atoms with Crippen LogP contribution in [0.1, 0.15) is 50.3 Å². The molecule has 0 amide bonds. The minimum Gasteiger partial charge on any atom is -0.468 e. The van der Waals surface area contributed by atoms with Crippen LogP contribution in [0.5, 0.6) is 0 Å². The molecule has 4 fully saturated rings. The van der Waals surface area contributed by atoms with E-state index >= 15 is 0 Å². The van der Waals surface area contributed by atoms with Crippen LogP contribution in [-0.2, 0) is 0 Å². The number of nitrogens with two attached hydrogens (primary N) is 1. The van der Waals surface area contributed by atoms with Crippen molar-refractivity contribution in [1.82, 2.24) is 4.90 Å². The highest BCUT2D eigenvalue weighted by atomic mass is 16.3. The summed E-state index contributed by atoms with van der Waals surface area (Å²) < 4.78 is 5.65. The smallest absolute Gasteiger partial charge is 0.122 e. The Kier molecular flexibility index (Phi) is 2.97. The summed E-state index contributed by atoms with van der Waals surface area (Å²) in [5.41, 5.74) is 6.48. The highest BCUT2D eigenvalue weighted by Crippen LogP contribution is 2.58. The molecule has 3 nitrogen and oxygen atoms in total. The maximum absolute atomic E-state index is 6.08. The van der Waals surface area contributed by atoms with Crippen LogP contribution in [0.15, 0.2) is 22.8 Å². The highest BCUT2D eigenvalue weighted by molar-refractivity contribution is 5.12. The van der Waals surface area contributed by atoms with Gasteiger partial charge in [-0.3, -0.25) is 4.90 Å². The second kappa shape index (κ2) is 4.60. The van der Waals surface area contributed by atoms with Crippen molar-refractivity contribution in [3.05, 3.63) is 24.2 Å². The topological polar surface area (TPSA) is 42.4 Å². The van der Waals surface area contributed by atoms with Crippen LogP contribution >= 0.6 is 0 Å². The van der Waals surface area contributed by atoms with Crippen LogP contribution in [0, 0.1) is 17.8 Å². The van der Waals surface area contributed by atoms with Crippen molar-refractivity contribution in [3.8, 4) is 0 Å². The van der Waals surface area contributed by atoms with E-state index in [2.05, 4.69) is 18.0 Å². The molecule has 0 aliphatic heterocycles. The Hall–Kier alpha value is -0.800. The average Bonchev–Trinajstić information content (AvgIpc) is 2.92. The molecule has 20 heavy (non-hydrogen) atoms.